The highest BCUT2D eigenvalue weighted by molar-refractivity contribution is 7.09. The van der Waals surface area contributed by atoms with Gasteiger partial charge in [-0.25, -0.2) is 0 Å². The van der Waals surface area contributed by atoms with Gasteiger partial charge in [0.1, 0.15) is 5.75 Å². The predicted octanol–water partition coefficient (Wildman–Crippen LogP) is 2.02. The van der Waals surface area contributed by atoms with Crippen LogP contribution >= 0.6 is 11.3 Å². The van der Waals surface area contributed by atoms with Crippen molar-refractivity contribution >= 4 is 17.0 Å². The molecule has 2 rings (SSSR count). The van der Waals surface area contributed by atoms with E-state index in [4.69, 9.17) is 10.5 Å². The monoisotopic (exact) mass is 249 g/mol. The van der Waals surface area contributed by atoms with Crippen LogP contribution < -0.4 is 15.8 Å². The van der Waals surface area contributed by atoms with Crippen LogP contribution in [0.1, 0.15) is 10.4 Å². The second-order valence-corrected chi connectivity index (χ2v) is 4.61. The van der Waals surface area contributed by atoms with Gasteiger partial charge in [-0.2, -0.15) is 0 Å². The van der Waals surface area contributed by atoms with Crippen LogP contribution in [0.5, 0.6) is 5.75 Å². The van der Waals surface area contributed by atoms with E-state index in [0.717, 1.165) is 24.4 Å². The van der Waals surface area contributed by atoms with Crippen LogP contribution in [0.2, 0.25) is 0 Å². The lowest BCUT2D eigenvalue weighted by molar-refractivity contribution is 0.408. The molecule has 2 aromatic rings. The Morgan fingerprint density at radius 1 is 1.41 bits per heavy atom. The van der Waals surface area contributed by atoms with E-state index in [-0.39, 0.29) is 0 Å². The number of rotatable bonds is 5. The summed E-state index contributed by atoms with van der Waals surface area (Å²) in [7, 11) is 1.65. The van der Waals surface area contributed by atoms with E-state index in [9.17, 15) is 0 Å². The number of benzene rings is 1. The maximum Gasteiger partial charge on any atom is 0.125 e. The smallest absolute Gasteiger partial charge is 0.125 e. The molecular weight excluding hydrogens is 234 g/mol. The van der Waals surface area contributed by atoms with Crippen LogP contribution in [-0.4, -0.2) is 12.1 Å². The van der Waals surface area contributed by atoms with Crippen LogP contribution in [-0.2, 0) is 13.1 Å². The number of nitrogens with zero attached hydrogens (tertiary/aromatic N) is 1. The largest absolute Gasteiger partial charge is 0.496 e. The second kappa shape index (κ2) is 5.65. The lowest BCUT2D eigenvalue weighted by atomic mass is 10.2. The molecule has 5 heteroatoms. The second-order valence-electron chi connectivity index (χ2n) is 3.64. The SMILES string of the molecule is COc1cc(N)ccc1CNCc1cncs1. The van der Waals surface area contributed by atoms with Crippen molar-refractivity contribution in [2.24, 2.45) is 0 Å². The van der Waals surface area contributed by atoms with Crippen molar-refractivity contribution in [3.8, 4) is 5.75 Å². The van der Waals surface area contributed by atoms with E-state index in [0.29, 0.717) is 5.69 Å². The summed E-state index contributed by atoms with van der Waals surface area (Å²) in [6.45, 7) is 1.57. The van der Waals surface area contributed by atoms with Crippen molar-refractivity contribution in [1.29, 1.82) is 0 Å². The fraction of sp³-hybridized carbons (Fsp3) is 0.250. The van der Waals surface area contributed by atoms with Crippen LogP contribution in [0.3, 0.4) is 0 Å². The van der Waals surface area contributed by atoms with Gasteiger partial charge in [0.25, 0.3) is 0 Å². The van der Waals surface area contributed by atoms with Crippen LogP contribution in [0.15, 0.2) is 29.9 Å². The van der Waals surface area contributed by atoms with Crippen molar-refractivity contribution in [3.63, 3.8) is 0 Å². The van der Waals surface area contributed by atoms with Crippen molar-refractivity contribution in [2.75, 3.05) is 12.8 Å². The first-order valence-electron chi connectivity index (χ1n) is 5.30. The Hall–Kier alpha value is -1.59. The Morgan fingerprint density at radius 3 is 3.00 bits per heavy atom. The first-order chi connectivity index (χ1) is 8.29. The third-order valence-electron chi connectivity index (χ3n) is 2.41. The molecule has 0 aliphatic carbocycles. The lowest BCUT2D eigenvalue weighted by Gasteiger charge is -2.09. The van der Waals surface area contributed by atoms with E-state index in [1.807, 2.05) is 29.9 Å². The highest BCUT2D eigenvalue weighted by atomic mass is 32.1. The summed E-state index contributed by atoms with van der Waals surface area (Å²) in [5.41, 5.74) is 9.35. The van der Waals surface area contributed by atoms with Crippen molar-refractivity contribution < 1.29 is 4.74 Å². The lowest BCUT2D eigenvalue weighted by Crippen LogP contribution is -2.12. The topological polar surface area (TPSA) is 60.2 Å². The molecule has 0 unspecified atom stereocenters. The van der Waals surface area contributed by atoms with Crippen molar-refractivity contribution in [1.82, 2.24) is 10.3 Å². The number of nitrogens with two attached hydrogens (primary N) is 1. The third-order valence-corrected chi connectivity index (χ3v) is 3.19. The molecule has 0 saturated heterocycles. The minimum Gasteiger partial charge on any atom is -0.496 e. The van der Waals surface area contributed by atoms with E-state index in [1.54, 1.807) is 18.4 Å². The van der Waals surface area contributed by atoms with Crippen molar-refractivity contribution in [2.45, 2.75) is 13.1 Å². The molecule has 0 bridgehead atoms. The zero-order valence-electron chi connectivity index (χ0n) is 9.64. The standard InChI is InChI=1S/C12H15N3OS/c1-16-12-4-10(13)3-2-9(12)5-14-6-11-7-15-8-17-11/h2-4,7-8,14H,5-6,13H2,1H3. The maximum atomic E-state index is 5.70. The molecule has 1 aromatic carbocycles. The molecule has 4 nitrogen and oxygen atoms in total. The molecule has 0 atom stereocenters. The molecule has 0 radical (unpaired) electrons. The van der Waals surface area contributed by atoms with E-state index in [1.165, 1.54) is 4.88 Å². The van der Waals surface area contributed by atoms with Gasteiger partial charge in [-0.1, -0.05) is 6.07 Å². The van der Waals surface area contributed by atoms with Crippen LogP contribution in [0.4, 0.5) is 5.69 Å². The molecule has 17 heavy (non-hydrogen) atoms. The normalized spacial score (nSPS) is 10.4. The Bertz CT molecular complexity index is 471. The number of aromatic nitrogens is 1. The van der Waals surface area contributed by atoms with Gasteiger partial charge in [0.15, 0.2) is 0 Å². The molecule has 3 N–H and O–H groups in total. The van der Waals surface area contributed by atoms with Gasteiger partial charge in [-0.3, -0.25) is 4.98 Å². The number of thiazole rings is 1. The third kappa shape index (κ3) is 3.18. The zero-order chi connectivity index (χ0) is 12.1. The van der Waals surface area contributed by atoms with E-state index in [2.05, 4.69) is 10.3 Å². The van der Waals surface area contributed by atoms with E-state index >= 15 is 0 Å². The van der Waals surface area contributed by atoms with Gasteiger partial charge in [0.2, 0.25) is 0 Å². The summed E-state index contributed by atoms with van der Waals surface area (Å²) in [4.78, 5) is 5.25. The van der Waals surface area contributed by atoms with Crippen LogP contribution in [0.25, 0.3) is 0 Å². The zero-order valence-corrected chi connectivity index (χ0v) is 10.5. The average molecular weight is 249 g/mol. The number of anilines is 1. The maximum absolute atomic E-state index is 5.70. The fourth-order valence-electron chi connectivity index (χ4n) is 1.56. The van der Waals surface area contributed by atoms with Gasteiger partial charge >= 0.3 is 0 Å². The molecule has 0 fully saturated rings. The molecule has 0 saturated carbocycles. The van der Waals surface area contributed by atoms with Gasteiger partial charge in [0, 0.05) is 41.5 Å². The Morgan fingerprint density at radius 2 is 2.29 bits per heavy atom. The minimum absolute atomic E-state index is 0.716. The molecule has 1 heterocycles. The van der Waals surface area contributed by atoms with Gasteiger partial charge in [-0.15, -0.1) is 11.3 Å². The van der Waals surface area contributed by atoms with Crippen molar-refractivity contribution in [3.05, 3.63) is 40.3 Å². The fourth-order valence-corrected chi connectivity index (χ4v) is 2.12. The van der Waals surface area contributed by atoms with Gasteiger partial charge < -0.3 is 15.8 Å². The number of ether oxygens (including phenoxy) is 1. The Balaban J connectivity index is 1.94. The molecule has 90 valence electrons. The first-order valence-corrected chi connectivity index (χ1v) is 6.18. The Kier molecular flexibility index (Phi) is 3.95. The number of nitrogen functional groups attached to an aromatic ring is 1. The summed E-state index contributed by atoms with van der Waals surface area (Å²) >= 11 is 1.65. The summed E-state index contributed by atoms with van der Waals surface area (Å²) in [5, 5.41) is 3.35. The summed E-state index contributed by atoms with van der Waals surface area (Å²) in [6, 6.07) is 5.70. The molecule has 1 aromatic heterocycles. The van der Waals surface area contributed by atoms with Gasteiger partial charge in [-0.05, 0) is 6.07 Å². The summed E-state index contributed by atoms with van der Waals surface area (Å²) in [5.74, 6) is 0.821. The summed E-state index contributed by atoms with van der Waals surface area (Å²) in [6.07, 6.45) is 1.87. The highest BCUT2D eigenvalue weighted by Crippen LogP contribution is 2.21. The molecule has 0 spiro atoms. The highest BCUT2D eigenvalue weighted by Gasteiger charge is 2.03. The number of hydrogen-bond donors (Lipinski definition) is 2. The quantitative estimate of drug-likeness (QED) is 0.796. The molecular formula is C12H15N3OS. The predicted molar refractivity (Wildman–Crippen MR) is 70.1 cm³/mol. The first kappa shape index (κ1) is 11.9. The average Bonchev–Trinajstić information content (AvgIpc) is 2.84. The Labute approximate surface area is 104 Å². The van der Waals surface area contributed by atoms with Gasteiger partial charge in [0.05, 0.1) is 12.6 Å². The molecule has 0 aliphatic heterocycles. The number of hydrogen-bond acceptors (Lipinski definition) is 5. The molecule has 0 amide bonds. The number of nitrogens with one attached hydrogen (secondary N) is 1. The minimum atomic E-state index is 0.716. The molecule has 0 aliphatic rings. The van der Waals surface area contributed by atoms with Crippen LogP contribution in [0, 0.1) is 0 Å². The summed E-state index contributed by atoms with van der Waals surface area (Å²) < 4.78 is 5.28. The number of methoxy groups -OCH3 is 1. The van der Waals surface area contributed by atoms with E-state index < -0.39 is 0 Å².